The molecule has 72 valence electrons. The molecule has 0 bridgehead atoms. The Morgan fingerprint density at radius 2 is 2.14 bits per heavy atom. The maximum atomic E-state index is 5.43. The highest BCUT2D eigenvalue weighted by Crippen LogP contribution is 2.19. The number of ether oxygens (including phenoxy) is 1. The lowest BCUT2D eigenvalue weighted by atomic mass is 10.2. The van der Waals surface area contributed by atoms with E-state index in [0.29, 0.717) is 6.61 Å². The van der Waals surface area contributed by atoms with Gasteiger partial charge in [0.1, 0.15) is 5.75 Å². The summed E-state index contributed by atoms with van der Waals surface area (Å²) >= 11 is 0. The lowest BCUT2D eigenvalue weighted by molar-refractivity contribution is 0.340. The van der Waals surface area contributed by atoms with Crippen LogP contribution < -0.4 is 4.74 Å². The van der Waals surface area contributed by atoms with Crippen LogP contribution in [-0.4, -0.2) is 11.6 Å². The van der Waals surface area contributed by atoms with E-state index in [9.17, 15) is 0 Å². The summed E-state index contributed by atoms with van der Waals surface area (Å²) in [6.07, 6.45) is 1.88. The first-order valence-electron chi connectivity index (χ1n) is 4.79. The number of hydrogen-bond acceptors (Lipinski definition) is 2. The molecule has 1 aromatic heterocycles. The van der Waals surface area contributed by atoms with E-state index in [1.54, 1.807) is 0 Å². The minimum Gasteiger partial charge on any atom is -0.494 e. The molecule has 0 radical (unpaired) electrons. The number of aromatic nitrogens is 1. The van der Waals surface area contributed by atoms with Crippen molar-refractivity contribution >= 4 is 10.9 Å². The van der Waals surface area contributed by atoms with Crippen molar-refractivity contribution in [1.82, 2.24) is 4.98 Å². The number of rotatable bonds is 2. The fraction of sp³-hybridized carbons (Fsp3) is 0.250. The van der Waals surface area contributed by atoms with Crippen LogP contribution in [0.3, 0.4) is 0 Å². The molecule has 2 heteroatoms. The number of nitrogens with zero attached hydrogens (tertiary/aromatic N) is 1. The zero-order valence-corrected chi connectivity index (χ0v) is 8.45. The van der Waals surface area contributed by atoms with E-state index in [1.807, 2.05) is 38.2 Å². The Hall–Kier alpha value is -1.57. The van der Waals surface area contributed by atoms with Crippen molar-refractivity contribution in [2.24, 2.45) is 0 Å². The van der Waals surface area contributed by atoms with Crippen LogP contribution in [0.4, 0.5) is 0 Å². The molecule has 0 aliphatic rings. The van der Waals surface area contributed by atoms with Crippen LogP contribution in [0.1, 0.15) is 12.5 Å². The maximum absolute atomic E-state index is 5.43. The topological polar surface area (TPSA) is 22.1 Å². The summed E-state index contributed by atoms with van der Waals surface area (Å²) in [5.41, 5.74) is 2.19. The highest BCUT2D eigenvalue weighted by molar-refractivity contribution is 5.80. The second-order valence-electron chi connectivity index (χ2n) is 3.30. The molecule has 0 aliphatic heterocycles. The van der Waals surface area contributed by atoms with E-state index in [1.165, 1.54) is 5.56 Å². The van der Waals surface area contributed by atoms with Gasteiger partial charge in [-0.1, -0.05) is 0 Å². The van der Waals surface area contributed by atoms with E-state index in [0.717, 1.165) is 16.7 Å². The maximum Gasteiger partial charge on any atom is 0.120 e. The fourth-order valence-electron chi connectivity index (χ4n) is 1.48. The molecule has 0 atom stereocenters. The molecule has 0 saturated heterocycles. The first-order valence-corrected chi connectivity index (χ1v) is 4.79. The summed E-state index contributed by atoms with van der Waals surface area (Å²) in [5.74, 6) is 0.910. The summed E-state index contributed by atoms with van der Waals surface area (Å²) in [7, 11) is 0. The number of hydrogen-bond donors (Lipinski definition) is 0. The van der Waals surface area contributed by atoms with Gasteiger partial charge in [-0.2, -0.15) is 0 Å². The molecule has 2 aromatic rings. The molecular weight excluding hydrogens is 174 g/mol. The Labute approximate surface area is 83.5 Å². The Morgan fingerprint density at radius 3 is 2.93 bits per heavy atom. The summed E-state index contributed by atoms with van der Waals surface area (Å²) in [4.78, 5) is 4.33. The number of pyridine rings is 1. The van der Waals surface area contributed by atoms with Crippen LogP contribution >= 0.6 is 0 Å². The van der Waals surface area contributed by atoms with Crippen molar-refractivity contribution in [2.75, 3.05) is 6.61 Å². The molecule has 14 heavy (non-hydrogen) atoms. The first-order chi connectivity index (χ1) is 6.79. The number of fused-ring (bicyclic) bond motifs is 1. The smallest absolute Gasteiger partial charge is 0.120 e. The highest BCUT2D eigenvalue weighted by Gasteiger charge is 1.97. The number of benzene rings is 1. The van der Waals surface area contributed by atoms with Crippen molar-refractivity contribution in [3.8, 4) is 5.75 Å². The van der Waals surface area contributed by atoms with Gasteiger partial charge >= 0.3 is 0 Å². The Kier molecular flexibility index (Phi) is 2.35. The van der Waals surface area contributed by atoms with Crippen LogP contribution in [0.25, 0.3) is 10.9 Å². The number of aryl methyl sites for hydroxylation is 1. The van der Waals surface area contributed by atoms with E-state index >= 15 is 0 Å². The van der Waals surface area contributed by atoms with E-state index < -0.39 is 0 Å². The van der Waals surface area contributed by atoms with Crippen molar-refractivity contribution in [1.29, 1.82) is 0 Å². The third kappa shape index (κ3) is 1.69. The van der Waals surface area contributed by atoms with Gasteiger partial charge in [0.05, 0.1) is 12.1 Å². The van der Waals surface area contributed by atoms with Crippen LogP contribution in [0.5, 0.6) is 5.75 Å². The average Bonchev–Trinajstić information content (AvgIpc) is 2.17. The largest absolute Gasteiger partial charge is 0.494 e. The van der Waals surface area contributed by atoms with E-state index in [2.05, 4.69) is 11.1 Å². The van der Waals surface area contributed by atoms with Gasteiger partial charge in [0.25, 0.3) is 0 Å². The van der Waals surface area contributed by atoms with E-state index in [4.69, 9.17) is 4.74 Å². The molecule has 0 unspecified atom stereocenters. The van der Waals surface area contributed by atoms with Gasteiger partial charge in [0.2, 0.25) is 0 Å². The SMILES string of the molecule is CCOc1ccc2ncc(C)cc2c1. The van der Waals surface area contributed by atoms with Crippen LogP contribution in [0, 0.1) is 6.92 Å². The molecular formula is C12H13NO. The fourth-order valence-corrected chi connectivity index (χ4v) is 1.48. The summed E-state index contributed by atoms with van der Waals surface area (Å²) in [6, 6.07) is 8.08. The molecule has 1 aromatic carbocycles. The third-order valence-corrected chi connectivity index (χ3v) is 2.10. The van der Waals surface area contributed by atoms with Gasteiger partial charge in [-0.15, -0.1) is 0 Å². The van der Waals surface area contributed by atoms with Crippen molar-refractivity contribution < 1.29 is 4.74 Å². The summed E-state index contributed by atoms with van der Waals surface area (Å²) in [5, 5.41) is 1.14. The van der Waals surface area contributed by atoms with Gasteiger partial charge in [-0.3, -0.25) is 4.98 Å². The predicted molar refractivity (Wildman–Crippen MR) is 57.6 cm³/mol. The Bertz CT molecular complexity index is 451. The second-order valence-corrected chi connectivity index (χ2v) is 3.30. The molecule has 2 rings (SSSR count). The van der Waals surface area contributed by atoms with Crippen LogP contribution in [0.15, 0.2) is 30.5 Å². The van der Waals surface area contributed by atoms with Gasteiger partial charge in [0.15, 0.2) is 0 Å². The van der Waals surface area contributed by atoms with Gasteiger partial charge in [-0.05, 0) is 43.7 Å². The Balaban J connectivity index is 2.52. The van der Waals surface area contributed by atoms with Crippen LogP contribution in [0.2, 0.25) is 0 Å². The molecule has 0 spiro atoms. The zero-order chi connectivity index (χ0) is 9.97. The normalized spacial score (nSPS) is 10.4. The minimum absolute atomic E-state index is 0.699. The quantitative estimate of drug-likeness (QED) is 0.721. The molecule has 0 fully saturated rings. The molecule has 2 nitrogen and oxygen atoms in total. The van der Waals surface area contributed by atoms with Crippen molar-refractivity contribution in [3.05, 3.63) is 36.0 Å². The second kappa shape index (κ2) is 3.66. The predicted octanol–water partition coefficient (Wildman–Crippen LogP) is 2.94. The molecule has 0 aliphatic carbocycles. The molecule has 0 saturated carbocycles. The highest BCUT2D eigenvalue weighted by atomic mass is 16.5. The summed E-state index contributed by atoms with van der Waals surface area (Å²) in [6.45, 7) is 4.73. The van der Waals surface area contributed by atoms with Crippen molar-refractivity contribution in [3.63, 3.8) is 0 Å². The lowest BCUT2D eigenvalue weighted by Gasteiger charge is -2.04. The van der Waals surface area contributed by atoms with Gasteiger partial charge < -0.3 is 4.74 Å². The van der Waals surface area contributed by atoms with E-state index in [-0.39, 0.29) is 0 Å². The van der Waals surface area contributed by atoms with Gasteiger partial charge in [-0.25, -0.2) is 0 Å². The monoisotopic (exact) mass is 187 g/mol. The third-order valence-electron chi connectivity index (χ3n) is 2.10. The van der Waals surface area contributed by atoms with Crippen molar-refractivity contribution in [2.45, 2.75) is 13.8 Å². The molecule has 0 N–H and O–H groups in total. The standard InChI is InChI=1S/C12H13NO/c1-3-14-11-4-5-12-10(7-11)6-9(2)8-13-12/h4-8H,3H2,1-2H3. The minimum atomic E-state index is 0.699. The summed E-state index contributed by atoms with van der Waals surface area (Å²) < 4.78 is 5.43. The van der Waals surface area contributed by atoms with Gasteiger partial charge in [0, 0.05) is 11.6 Å². The zero-order valence-electron chi connectivity index (χ0n) is 8.45. The van der Waals surface area contributed by atoms with Crippen LogP contribution in [-0.2, 0) is 0 Å². The Morgan fingerprint density at radius 1 is 1.29 bits per heavy atom. The average molecular weight is 187 g/mol. The lowest BCUT2D eigenvalue weighted by Crippen LogP contribution is -1.91. The first kappa shape index (κ1) is 9.00. The molecule has 1 heterocycles. The molecule has 0 amide bonds.